The number of ketones is 1. The van der Waals surface area contributed by atoms with Gasteiger partial charge in [-0.2, -0.15) is 4.79 Å². The number of rotatable bonds is 8. The van der Waals surface area contributed by atoms with Crippen LogP contribution in [0.1, 0.15) is 31.2 Å². The van der Waals surface area contributed by atoms with E-state index >= 15 is 0 Å². The summed E-state index contributed by atoms with van der Waals surface area (Å²) in [5.41, 5.74) is 9.26. The van der Waals surface area contributed by atoms with Crippen LogP contribution in [0.3, 0.4) is 0 Å². The Morgan fingerprint density at radius 1 is 1.35 bits per heavy atom. The van der Waals surface area contributed by atoms with Crippen LogP contribution in [0.4, 0.5) is 0 Å². The van der Waals surface area contributed by atoms with Crippen molar-refractivity contribution in [1.82, 2.24) is 4.90 Å². The topological polar surface area (TPSA) is 83.0 Å². The highest BCUT2D eigenvalue weighted by atomic mass is 16.5. The Morgan fingerprint density at radius 2 is 2.13 bits per heavy atom. The largest absolute Gasteiger partial charge is 0.460 e. The molecule has 0 aromatic heterocycles. The first-order valence-corrected chi connectivity index (χ1v) is 7.85. The van der Waals surface area contributed by atoms with Gasteiger partial charge in [-0.1, -0.05) is 30.3 Å². The number of carbonyl (C=O) groups is 2. The summed E-state index contributed by atoms with van der Waals surface area (Å²) in [6.45, 7) is 1.79. The molecule has 0 bridgehead atoms. The second kappa shape index (κ2) is 8.98. The molecule has 23 heavy (non-hydrogen) atoms. The number of hydrogen-bond donors (Lipinski definition) is 0. The first-order valence-electron chi connectivity index (χ1n) is 7.85. The van der Waals surface area contributed by atoms with E-state index in [9.17, 15) is 9.59 Å². The predicted octanol–water partition coefficient (Wildman–Crippen LogP) is 1.84. The van der Waals surface area contributed by atoms with Gasteiger partial charge in [-0.25, -0.2) is 0 Å². The second-order valence-electron chi connectivity index (χ2n) is 5.60. The third-order valence-electron chi connectivity index (χ3n) is 3.93. The molecule has 2 rings (SSSR count). The molecule has 6 heteroatoms. The fourth-order valence-electron chi connectivity index (χ4n) is 2.77. The first kappa shape index (κ1) is 17.1. The molecule has 0 saturated carbocycles. The van der Waals surface area contributed by atoms with Crippen LogP contribution in [-0.2, 0) is 20.9 Å². The van der Waals surface area contributed by atoms with Crippen LogP contribution in [-0.4, -0.2) is 46.8 Å². The van der Waals surface area contributed by atoms with E-state index in [1.54, 1.807) is 0 Å². The number of benzene rings is 1. The van der Waals surface area contributed by atoms with Gasteiger partial charge in [-0.05, 0) is 37.9 Å². The summed E-state index contributed by atoms with van der Waals surface area (Å²) in [4.78, 5) is 28.3. The summed E-state index contributed by atoms with van der Waals surface area (Å²) >= 11 is 0. The van der Waals surface area contributed by atoms with Crippen molar-refractivity contribution in [1.29, 1.82) is 0 Å². The highest BCUT2D eigenvalue weighted by molar-refractivity contribution is 6.25. The zero-order chi connectivity index (χ0) is 16.5. The predicted molar refractivity (Wildman–Crippen MR) is 84.8 cm³/mol. The van der Waals surface area contributed by atoms with Crippen LogP contribution in [0, 0.1) is 0 Å². The molecule has 1 saturated heterocycles. The van der Waals surface area contributed by atoms with Gasteiger partial charge in [-0.3, -0.25) is 14.5 Å². The minimum Gasteiger partial charge on any atom is -0.460 e. The normalized spacial score (nSPS) is 17.5. The third kappa shape index (κ3) is 5.43. The second-order valence-corrected chi connectivity index (χ2v) is 5.60. The highest BCUT2D eigenvalue weighted by Gasteiger charge is 2.31. The van der Waals surface area contributed by atoms with Gasteiger partial charge in [0.05, 0.1) is 0 Å². The molecule has 6 nitrogen and oxygen atoms in total. The van der Waals surface area contributed by atoms with Crippen LogP contribution < -0.4 is 0 Å². The number of likely N-dealkylation sites (tertiary alicyclic amines) is 1. The van der Waals surface area contributed by atoms with E-state index < -0.39 is 0 Å². The summed E-state index contributed by atoms with van der Waals surface area (Å²) < 4.78 is 5.41. The Morgan fingerprint density at radius 3 is 2.87 bits per heavy atom. The molecule has 0 unspecified atom stereocenters. The van der Waals surface area contributed by atoms with Crippen molar-refractivity contribution in [3.05, 3.63) is 41.4 Å². The molecule has 122 valence electrons. The molecule has 0 spiro atoms. The SMILES string of the molecule is [N-]=[N+]=CC(=O)CCCN1CCC[C@H]1C(=O)OCc1ccccc1. The standard InChI is InChI=1S/C17H21N3O3/c18-19-12-15(21)8-4-10-20-11-5-9-16(20)17(22)23-13-14-6-2-1-3-7-14/h1-3,6-7,12,16H,4-5,8-11,13H2/t16-/m0/s1. The Labute approximate surface area is 135 Å². The van der Waals surface area contributed by atoms with E-state index in [0.29, 0.717) is 19.4 Å². The van der Waals surface area contributed by atoms with Crippen molar-refractivity contribution in [2.45, 2.75) is 38.3 Å². The fraction of sp³-hybridized carbons (Fsp3) is 0.471. The Kier molecular flexibility index (Phi) is 6.66. The smallest absolute Gasteiger partial charge is 0.323 e. The number of Topliss-reactive ketones (excluding diaryl/α,β-unsaturated/α-hetero) is 1. The lowest BCUT2D eigenvalue weighted by atomic mass is 10.2. The van der Waals surface area contributed by atoms with Gasteiger partial charge in [0, 0.05) is 6.42 Å². The molecule has 1 aliphatic heterocycles. The van der Waals surface area contributed by atoms with Gasteiger partial charge in [0.1, 0.15) is 12.6 Å². The van der Waals surface area contributed by atoms with Gasteiger partial charge in [0.2, 0.25) is 5.78 Å². The summed E-state index contributed by atoms with van der Waals surface area (Å²) in [5.74, 6) is -0.412. The van der Waals surface area contributed by atoms with Crippen molar-refractivity contribution in [2.75, 3.05) is 13.1 Å². The Hall–Kier alpha value is -2.30. The maximum absolute atomic E-state index is 12.2. The van der Waals surface area contributed by atoms with Gasteiger partial charge >= 0.3 is 12.2 Å². The van der Waals surface area contributed by atoms with E-state index in [-0.39, 0.29) is 24.4 Å². The van der Waals surface area contributed by atoms with Crippen LogP contribution in [0.5, 0.6) is 0 Å². The zero-order valence-corrected chi connectivity index (χ0v) is 13.1. The maximum atomic E-state index is 12.2. The number of ether oxygens (including phenoxy) is 1. The van der Waals surface area contributed by atoms with Gasteiger partial charge in [-0.15, -0.1) is 0 Å². The van der Waals surface area contributed by atoms with E-state index in [4.69, 9.17) is 10.3 Å². The molecule has 1 heterocycles. The highest BCUT2D eigenvalue weighted by Crippen LogP contribution is 2.19. The molecule has 0 amide bonds. The van der Waals surface area contributed by atoms with E-state index in [1.807, 2.05) is 30.3 Å². The number of nitrogens with zero attached hydrogens (tertiary/aromatic N) is 3. The average molecular weight is 315 g/mol. The summed E-state index contributed by atoms with van der Waals surface area (Å²) in [7, 11) is 0. The van der Waals surface area contributed by atoms with E-state index in [2.05, 4.69) is 9.69 Å². The van der Waals surface area contributed by atoms with Crippen LogP contribution in [0.25, 0.3) is 5.53 Å². The fourth-order valence-corrected chi connectivity index (χ4v) is 2.77. The first-order chi connectivity index (χ1) is 11.2. The van der Waals surface area contributed by atoms with Crippen LogP contribution in [0.15, 0.2) is 30.3 Å². The van der Waals surface area contributed by atoms with Crippen molar-refractivity contribution in [2.24, 2.45) is 0 Å². The van der Waals surface area contributed by atoms with E-state index in [0.717, 1.165) is 31.2 Å². The Balaban J connectivity index is 1.77. The quantitative estimate of drug-likeness (QED) is 0.317. The molecule has 1 fully saturated rings. The molecule has 1 atom stereocenters. The molecular formula is C17H21N3O3. The third-order valence-corrected chi connectivity index (χ3v) is 3.93. The number of esters is 1. The van der Waals surface area contributed by atoms with Gasteiger partial charge in [0.25, 0.3) is 0 Å². The van der Waals surface area contributed by atoms with Crippen molar-refractivity contribution in [3.8, 4) is 0 Å². The molecule has 0 radical (unpaired) electrons. The lowest BCUT2D eigenvalue weighted by Crippen LogP contribution is -2.38. The minimum atomic E-state index is -0.222. The summed E-state index contributed by atoms with van der Waals surface area (Å²) in [5, 5.41) is 0. The van der Waals surface area contributed by atoms with Crippen molar-refractivity contribution < 1.29 is 19.1 Å². The average Bonchev–Trinajstić information content (AvgIpc) is 3.02. The summed E-state index contributed by atoms with van der Waals surface area (Å²) in [6.07, 6.45) is 3.60. The lowest BCUT2D eigenvalue weighted by Gasteiger charge is -2.22. The molecule has 1 aromatic rings. The lowest BCUT2D eigenvalue weighted by molar-refractivity contribution is -0.150. The van der Waals surface area contributed by atoms with Crippen molar-refractivity contribution in [3.63, 3.8) is 0 Å². The molecule has 1 aliphatic rings. The van der Waals surface area contributed by atoms with Gasteiger partial charge < -0.3 is 10.3 Å². The Bertz CT molecular complexity index is 582. The minimum absolute atomic E-state index is 0.199. The van der Waals surface area contributed by atoms with Crippen molar-refractivity contribution >= 4 is 18.0 Å². The van der Waals surface area contributed by atoms with Crippen LogP contribution >= 0.6 is 0 Å². The maximum Gasteiger partial charge on any atom is 0.323 e. The van der Waals surface area contributed by atoms with Crippen LogP contribution in [0.2, 0.25) is 0 Å². The van der Waals surface area contributed by atoms with Gasteiger partial charge in [0.15, 0.2) is 0 Å². The number of carbonyl (C=O) groups excluding carboxylic acids is 2. The zero-order valence-electron chi connectivity index (χ0n) is 13.1. The monoisotopic (exact) mass is 315 g/mol. The van der Waals surface area contributed by atoms with E-state index in [1.165, 1.54) is 0 Å². The molecular weight excluding hydrogens is 294 g/mol. The molecule has 1 aromatic carbocycles. The molecule has 0 N–H and O–H groups in total. The molecule has 0 aliphatic carbocycles. The number of hydrogen-bond acceptors (Lipinski definition) is 4. The summed E-state index contributed by atoms with van der Waals surface area (Å²) in [6, 6.07) is 9.38.